The molecule has 1 aliphatic heterocycles. The van der Waals surface area contributed by atoms with E-state index in [2.05, 4.69) is 22.9 Å². The fourth-order valence-electron chi connectivity index (χ4n) is 2.26. The normalized spacial score (nSPS) is 17.8. The monoisotopic (exact) mass is 303 g/mol. The van der Waals surface area contributed by atoms with E-state index < -0.39 is 11.8 Å². The number of hydrogen-bond donors (Lipinski definition) is 3. The lowest BCUT2D eigenvalue weighted by molar-refractivity contribution is -0.880. The van der Waals surface area contributed by atoms with E-state index in [0.29, 0.717) is 5.69 Å². The van der Waals surface area contributed by atoms with Crippen LogP contribution in [-0.4, -0.2) is 37.7 Å². The topological polar surface area (TPSA) is 75.0 Å². The molecule has 2 rings (SSSR count). The first-order valence-corrected chi connectivity index (χ1v) is 7.51. The van der Waals surface area contributed by atoms with Gasteiger partial charge in [0.15, 0.2) is 0 Å². The molecule has 0 spiro atoms. The Morgan fingerprint density at radius 3 is 2.41 bits per heavy atom. The largest absolute Gasteiger partial charge is 0.337 e. The van der Waals surface area contributed by atoms with Gasteiger partial charge in [0.1, 0.15) is 0 Å². The number of carbonyl (C=O) groups is 2. The molecule has 1 aromatic carbocycles. The Labute approximate surface area is 130 Å². The maximum atomic E-state index is 11.8. The Kier molecular flexibility index (Phi) is 5.27. The van der Waals surface area contributed by atoms with E-state index in [9.17, 15) is 9.59 Å². The van der Waals surface area contributed by atoms with Crippen molar-refractivity contribution >= 4 is 23.2 Å². The number of likely N-dealkylation sites (tertiary alicyclic amines) is 1. The van der Waals surface area contributed by atoms with E-state index in [1.807, 2.05) is 26.0 Å². The van der Waals surface area contributed by atoms with Crippen molar-refractivity contribution in [3.05, 3.63) is 29.3 Å². The van der Waals surface area contributed by atoms with Gasteiger partial charge in [0, 0.05) is 24.2 Å². The van der Waals surface area contributed by atoms with Crippen LogP contribution in [0.25, 0.3) is 0 Å². The summed E-state index contributed by atoms with van der Waals surface area (Å²) in [5.74, 6) is -1.44. The Balaban J connectivity index is 1.88. The molecule has 0 atom stereocenters. The van der Waals surface area contributed by atoms with E-state index in [0.717, 1.165) is 42.8 Å². The number of anilines is 1. The number of nitrogens with one attached hydrogen (secondary N) is 3. The van der Waals surface area contributed by atoms with Gasteiger partial charge in [-0.05, 0) is 37.1 Å². The molecule has 2 amide bonds. The summed E-state index contributed by atoms with van der Waals surface area (Å²) in [6, 6.07) is 5.52. The number of hydrazone groups is 1. The van der Waals surface area contributed by atoms with Crippen LogP contribution in [-0.2, 0) is 9.59 Å². The van der Waals surface area contributed by atoms with E-state index in [1.165, 1.54) is 4.90 Å². The lowest BCUT2D eigenvalue weighted by Gasteiger charge is -2.20. The maximum Gasteiger partial charge on any atom is 0.329 e. The molecule has 0 aromatic heterocycles. The number of carbonyl (C=O) groups excluding carboxylic acids is 2. The van der Waals surface area contributed by atoms with Crippen molar-refractivity contribution < 1.29 is 14.5 Å². The third kappa shape index (κ3) is 4.39. The molecule has 0 bridgehead atoms. The molecule has 118 valence electrons. The van der Waals surface area contributed by atoms with Crippen molar-refractivity contribution in [2.24, 2.45) is 5.10 Å². The molecule has 6 heteroatoms. The van der Waals surface area contributed by atoms with E-state index in [-0.39, 0.29) is 0 Å². The summed E-state index contributed by atoms with van der Waals surface area (Å²) in [5, 5.41) is 6.64. The zero-order valence-electron chi connectivity index (χ0n) is 13.3. The highest BCUT2D eigenvalue weighted by atomic mass is 16.2. The Morgan fingerprint density at radius 1 is 1.09 bits per heavy atom. The third-order valence-corrected chi connectivity index (χ3v) is 3.97. The zero-order valence-corrected chi connectivity index (χ0v) is 13.3. The van der Waals surface area contributed by atoms with Crippen LogP contribution in [0.15, 0.2) is 23.3 Å². The molecule has 1 aliphatic rings. The predicted octanol–water partition coefficient (Wildman–Crippen LogP) is 0.0226. The van der Waals surface area contributed by atoms with Gasteiger partial charge in [0.05, 0.1) is 20.1 Å². The first kappa shape index (κ1) is 16.2. The molecule has 6 nitrogen and oxygen atoms in total. The summed E-state index contributed by atoms with van der Waals surface area (Å²) in [6.45, 7) is 5.96. The van der Waals surface area contributed by atoms with Gasteiger partial charge in [-0.2, -0.15) is 5.10 Å². The average molecular weight is 303 g/mol. The summed E-state index contributed by atoms with van der Waals surface area (Å²) >= 11 is 0. The minimum atomic E-state index is -0.739. The van der Waals surface area contributed by atoms with Crippen molar-refractivity contribution in [3.8, 4) is 0 Å². The van der Waals surface area contributed by atoms with Gasteiger partial charge in [-0.1, -0.05) is 6.07 Å². The van der Waals surface area contributed by atoms with E-state index in [1.54, 1.807) is 6.07 Å². The van der Waals surface area contributed by atoms with Gasteiger partial charge in [-0.3, -0.25) is 9.59 Å². The average Bonchev–Trinajstić information content (AvgIpc) is 2.50. The molecule has 0 aliphatic carbocycles. The fourth-order valence-corrected chi connectivity index (χ4v) is 2.26. The van der Waals surface area contributed by atoms with Crippen molar-refractivity contribution in [2.45, 2.75) is 26.7 Å². The maximum absolute atomic E-state index is 11.8. The SMILES string of the molecule is Cc1ccc(NC(=O)C(=O)NN=C2CC[NH+](C)CC2)cc1C. The lowest BCUT2D eigenvalue weighted by Crippen LogP contribution is -3.10. The predicted molar refractivity (Wildman–Crippen MR) is 86.0 cm³/mol. The quantitative estimate of drug-likeness (QED) is 0.532. The second-order valence-corrected chi connectivity index (χ2v) is 5.83. The second-order valence-electron chi connectivity index (χ2n) is 5.83. The van der Waals surface area contributed by atoms with Gasteiger partial charge < -0.3 is 10.2 Å². The Hall–Kier alpha value is -2.21. The van der Waals surface area contributed by atoms with Crippen LogP contribution in [0.2, 0.25) is 0 Å². The molecule has 1 fully saturated rings. The molecule has 3 N–H and O–H groups in total. The van der Waals surface area contributed by atoms with Crippen LogP contribution in [0, 0.1) is 13.8 Å². The highest BCUT2D eigenvalue weighted by Gasteiger charge is 2.17. The summed E-state index contributed by atoms with van der Waals surface area (Å²) in [7, 11) is 2.13. The van der Waals surface area contributed by atoms with Crippen LogP contribution in [0.1, 0.15) is 24.0 Å². The van der Waals surface area contributed by atoms with E-state index in [4.69, 9.17) is 0 Å². The minimum Gasteiger partial charge on any atom is -0.337 e. The highest BCUT2D eigenvalue weighted by molar-refractivity contribution is 6.39. The van der Waals surface area contributed by atoms with Gasteiger partial charge in [0.25, 0.3) is 0 Å². The van der Waals surface area contributed by atoms with Crippen LogP contribution in [0.5, 0.6) is 0 Å². The first-order chi connectivity index (χ1) is 10.5. The fraction of sp³-hybridized carbons (Fsp3) is 0.438. The van der Waals surface area contributed by atoms with Crippen molar-refractivity contribution in [3.63, 3.8) is 0 Å². The molecule has 1 aromatic rings. The number of nitrogens with zero attached hydrogens (tertiary/aromatic N) is 1. The van der Waals surface area contributed by atoms with Crippen LogP contribution >= 0.6 is 0 Å². The summed E-state index contributed by atoms with van der Waals surface area (Å²) in [4.78, 5) is 25.1. The highest BCUT2D eigenvalue weighted by Crippen LogP contribution is 2.13. The van der Waals surface area contributed by atoms with E-state index >= 15 is 0 Å². The Bertz CT molecular complexity index is 600. The number of amides is 2. The van der Waals surface area contributed by atoms with Crippen molar-refractivity contribution in [1.29, 1.82) is 0 Å². The van der Waals surface area contributed by atoms with Gasteiger partial charge >= 0.3 is 11.8 Å². The number of hydrogen-bond acceptors (Lipinski definition) is 3. The number of quaternary nitrogens is 1. The van der Waals surface area contributed by atoms with Crippen LogP contribution < -0.4 is 15.6 Å². The zero-order chi connectivity index (χ0) is 16.1. The molecule has 1 heterocycles. The lowest BCUT2D eigenvalue weighted by atomic mass is 10.1. The third-order valence-electron chi connectivity index (χ3n) is 3.97. The van der Waals surface area contributed by atoms with Gasteiger partial charge in [-0.25, -0.2) is 5.43 Å². The molecule has 0 unspecified atom stereocenters. The Morgan fingerprint density at radius 2 is 1.77 bits per heavy atom. The number of rotatable bonds is 2. The number of benzene rings is 1. The summed E-state index contributed by atoms with van der Waals surface area (Å²) in [6.07, 6.45) is 1.70. The molecule has 1 saturated heterocycles. The van der Waals surface area contributed by atoms with Gasteiger partial charge in [-0.15, -0.1) is 0 Å². The van der Waals surface area contributed by atoms with Gasteiger partial charge in [0.2, 0.25) is 0 Å². The van der Waals surface area contributed by atoms with Crippen LogP contribution in [0.4, 0.5) is 5.69 Å². The summed E-state index contributed by atoms with van der Waals surface area (Å²) < 4.78 is 0. The van der Waals surface area contributed by atoms with Crippen molar-refractivity contribution in [1.82, 2.24) is 5.43 Å². The summed E-state index contributed by atoms with van der Waals surface area (Å²) in [5.41, 5.74) is 6.09. The number of piperidine rings is 1. The molecular formula is C16H23N4O2+. The molecule has 0 saturated carbocycles. The second kappa shape index (κ2) is 7.17. The smallest absolute Gasteiger partial charge is 0.329 e. The van der Waals surface area contributed by atoms with Crippen LogP contribution in [0.3, 0.4) is 0 Å². The first-order valence-electron chi connectivity index (χ1n) is 7.51. The number of aryl methyl sites for hydroxylation is 2. The molecule has 22 heavy (non-hydrogen) atoms. The standard InChI is InChI=1S/C16H22N4O2/c1-11-4-5-14(10-12(11)2)17-15(21)16(22)19-18-13-6-8-20(3)9-7-13/h4-5,10H,6-9H2,1-3H3,(H,17,21)(H,19,22)/p+1. The molecule has 0 radical (unpaired) electrons. The van der Waals surface area contributed by atoms with Crippen molar-refractivity contribution in [2.75, 3.05) is 25.5 Å². The molecular weight excluding hydrogens is 280 g/mol. The minimum absolute atomic E-state index is 0.610.